The molecule has 5 nitrogen and oxygen atoms in total. The molecule has 29 heavy (non-hydrogen) atoms. The van der Waals surface area contributed by atoms with Crippen molar-refractivity contribution in [1.82, 2.24) is 4.90 Å². The second-order valence-corrected chi connectivity index (χ2v) is 7.78. The number of hydrogen-bond donors (Lipinski definition) is 1. The third-order valence-electron chi connectivity index (χ3n) is 4.68. The summed E-state index contributed by atoms with van der Waals surface area (Å²) in [5.41, 5.74) is 1.38. The van der Waals surface area contributed by atoms with Crippen molar-refractivity contribution in [3.63, 3.8) is 0 Å². The minimum atomic E-state index is -0.579. The van der Waals surface area contributed by atoms with Crippen molar-refractivity contribution >= 4 is 46.3 Å². The summed E-state index contributed by atoms with van der Waals surface area (Å²) < 4.78 is 14.0. The number of aromatic hydroxyl groups is 1. The Bertz CT molecular complexity index is 972. The first-order chi connectivity index (χ1) is 13.8. The summed E-state index contributed by atoms with van der Waals surface area (Å²) in [4.78, 5) is 28.2. The van der Waals surface area contributed by atoms with Crippen molar-refractivity contribution < 1.29 is 19.1 Å². The standard InChI is InChI=1S/C21H20ClFN2O3S/c1-3-24(4-2)14-9-8-13(18(26)11-14)10-19-20(27)25(21(28)29-19)12-15-16(22)6-5-7-17(15)23/h5-11,26H,3-4,12H2,1-2H3/b19-10-. The summed E-state index contributed by atoms with van der Waals surface area (Å²) >= 11 is 6.75. The van der Waals surface area contributed by atoms with Crippen molar-refractivity contribution in [2.75, 3.05) is 18.0 Å². The molecule has 1 heterocycles. The van der Waals surface area contributed by atoms with Gasteiger partial charge in [0.2, 0.25) is 0 Å². The summed E-state index contributed by atoms with van der Waals surface area (Å²) in [6, 6.07) is 9.37. The van der Waals surface area contributed by atoms with Crippen LogP contribution >= 0.6 is 23.4 Å². The second-order valence-electron chi connectivity index (χ2n) is 6.38. The van der Waals surface area contributed by atoms with Crippen molar-refractivity contribution in [1.29, 1.82) is 0 Å². The first-order valence-corrected chi connectivity index (χ1v) is 10.3. The zero-order valence-electron chi connectivity index (χ0n) is 16.0. The van der Waals surface area contributed by atoms with E-state index in [1.165, 1.54) is 24.3 Å². The van der Waals surface area contributed by atoms with Gasteiger partial charge in [-0.15, -0.1) is 0 Å². The Kier molecular flexibility index (Phi) is 6.49. The van der Waals surface area contributed by atoms with Crippen LogP contribution in [0.2, 0.25) is 5.02 Å². The first kappa shape index (κ1) is 21.2. The number of nitrogens with zero attached hydrogens (tertiary/aromatic N) is 2. The number of carbonyl (C=O) groups is 2. The highest BCUT2D eigenvalue weighted by Crippen LogP contribution is 2.36. The van der Waals surface area contributed by atoms with Crippen LogP contribution in [0.15, 0.2) is 41.3 Å². The monoisotopic (exact) mass is 434 g/mol. The topological polar surface area (TPSA) is 60.9 Å². The Hall–Kier alpha value is -2.51. The van der Waals surface area contributed by atoms with Gasteiger partial charge in [-0.25, -0.2) is 4.39 Å². The molecule has 0 atom stereocenters. The molecule has 0 unspecified atom stereocenters. The second kappa shape index (κ2) is 8.88. The third-order valence-corrected chi connectivity index (χ3v) is 5.94. The van der Waals surface area contributed by atoms with Crippen LogP contribution in [0.1, 0.15) is 25.0 Å². The molecular formula is C21H20ClFN2O3S. The largest absolute Gasteiger partial charge is 0.507 e. The molecule has 8 heteroatoms. The molecular weight excluding hydrogens is 415 g/mol. The van der Waals surface area contributed by atoms with E-state index in [9.17, 15) is 19.1 Å². The van der Waals surface area contributed by atoms with Crippen LogP contribution in [-0.2, 0) is 11.3 Å². The molecule has 0 aliphatic carbocycles. The number of benzene rings is 2. The molecule has 3 rings (SSSR count). The number of amides is 2. The number of rotatable bonds is 6. The molecule has 152 valence electrons. The molecule has 0 aromatic heterocycles. The zero-order valence-corrected chi connectivity index (χ0v) is 17.6. The van der Waals surface area contributed by atoms with Gasteiger partial charge in [-0.2, -0.15) is 0 Å². The minimum Gasteiger partial charge on any atom is -0.507 e. The van der Waals surface area contributed by atoms with E-state index in [2.05, 4.69) is 4.90 Å². The first-order valence-electron chi connectivity index (χ1n) is 9.11. The van der Waals surface area contributed by atoms with E-state index >= 15 is 0 Å². The van der Waals surface area contributed by atoms with E-state index in [1.54, 1.807) is 12.1 Å². The fourth-order valence-corrected chi connectivity index (χ4v) is 4.11. The Morgan fingerprint density at radius 2 is 1.93 bits per heavy atom. The van der Waals surface area contributed by atoms with Gasteiger partial charge in [-0.1, -0.05) is 17.7 Å². The average Bonchev–Trinajstić information content (AvgIpc) is 2.95. The fraction of sp³-hybridized carbons (Fsp3) is 0.238. The predicted octanol–water partition coefficient (Wildman–Crippen LogP) is 5.27. The molecule has 2 aromatic rings. The molecule has 1 N–H and O–H groups in total. The van der Waals surface area contributed by atoms with Crippen LogP contribution in [0.25, 0.3) is 6.08 Å². The number of hydrogen-bond acceptors (Lipinski definition) is 5. The average molecular weight is 435 g/mol. The maximum Gasteiger partial charge on any atom is 0.293 e. The molecule has 1 aliphatic heterocycles. The van der Waals surface area contributed by atoms with Gasteiger partial charge in [-0.05, 0) is 56.0 Å². The lowest BCUT2D eigenvalue weighted by Crippen LogP contribution is -2.28. The normalized spacial score (nSPS) is 15.4. The lowest BCUT2D eigenvalue weighted by Gasteiger charge is -2.21. The van der Waals surface area contributed by atoms with Gasteiger partial charge in [0.05, 0.1) is 11.4 Å². The molecule has 1 fully saturated rings. The number of phenols is 1. The van der Waals surface area contributed by atoms with E-state index in [0.29, 0.717) is 5.56 Å². The number of imide groups is 1. The number of anilines is 1. The van der Waals surface area contributed by atoms with Crippen LogP contribution in [0.3, 0.4) is 0 Å². The van der Waals surface area contributed by atoms with E-state index in [1.807, 2.05) is 19.9 Å². The van der Waals surface area contributed by atoms with Crippen molar-refractivity contribution in [3.05, 3.63) is 63.3 Å². The minimum absolute atomic E-state index is 0.0124. The van der Waals surface area contributed by atoms with Crippen molar-refractivity contribution in [2.45, 2.75) is 20.4 Å². The SMILES string of the molecule is CCN(CC)c1ccc(/C=C2\SC(=O)N(Cc3c(F)cccc3Cl)C2=O)c(O)c1. The van der Waals surface area contributed by atoms with Crippen LogP contribution in [0, 0.1) is 5.82 Å². The maximum absolute atomic E-state index is 14.0. The third kappa shape index (κ3) is 4.41. The van der Waals surface area contributed by atoms with Gasteiger partial charge < -0.3 is 10.0 Å². The molecule has 2 aromatic carbocycles. The molecule has 2 amide bonds. The Morgan fingerprint density at radius 3 is 2.55 bits per heavy atom. The van der Waals surface area contributed by atoms with E-state index in [-0.39, 0.29) is 27.8 Å². The quantitative estimate of drug-likeness (QED) is 0.628. The van der Waals surface area contributed by atoms with Crippen LogP contribution in [0.4, 0.5) is 14.9 Å². The van der Waals surface area contributed by atoms with Gasteiger partial charge in [0.25, 0.3) is 11.1 Å². The summed E-state index contributed by atoms with van der Waals surface area (Å²) in [5.74, 6) is -1.12. The van der Waals surface area contributed by atoms with Gasteiger partial charge in [0, 0.05) is 41.0 Å². The molecule has 0 bridgehead atoms. The van der Waals surface area contributed by atoms with Crippen LogP contribution < -0.4 is 4.90 Å². The summed E-state index contributed by atoms with van der Waals surface area (Å²) in [7, 11) is 0. The number of phenolic OH excluding ortho intramolecular Hbond substituents is 1. The van der Waals surface area contributed by atoms with Gasteiger partial charge in [-0.3, -0.25) is 14.5 Å². The highest BCUT2D eigenvalue weighted by Gasteiger charge is 2.36. The van der Waals surface area contributed by atoms with Crippen molar-refractivity contribution in [2.24, 2.45) is 0 Å². The predicted molar refractivity (Wildman–Crippen MR) is 115 cm³/mol. The molecule has 0 spiro atoms. The maximum atomic E-state index is 14.0. The van der Waals surface area contributed by atoms with Gasteiger partial charge >= 0.3 is 0 Å². The van der Waals surface area contributed by atoms with Gasteiger partial charge in [0.1, 0.15) is 11.6 Å². The number of carbonyl (C=O) groups excluding carboxylic acids is 2. The summed E-state index contributed by atoms with van der Waals surface area (Å²) in [5, 5.41) is 10.00. The fourth-order valence-electron chi connectivity index (χ4n) is 3.06. The summed E-state index contributed by atoms with van der Waals surface area (Å²) in [6.45, 7) is 5.39. The summed E-state index contributed by atoms with van der Waals surface area (Å²) in [6.07, 6.45) is 1.47. The van der Waals surface area contributed by atoms with E-state index < -0.39 is 17.0 Å². The highest BCUT2D eigenvalue weighted by atomic mass is 35.5. The molecule has 0 radical (unpaired) electrons. The van der Waals surface area contributed by atoms with Crippen molar-refractivity contribution in [3.8, 4) is 5.75 Å². The Balaban J connectivity index is 1.85. The van der Waals surface area contributed by atoms with Crippen LogP contribution in [0.5, 0.6) is 5.75 Å². The number of halogens is 2. The molecule has 0 saturated carbocycles. The molecule has 1 aliphatic rings. The zero-order chi connectivity index (χ0) is 21.1. The highest BCUT2D eigenvalue weighted by molar-refractivity contribution is 8.18. The smallest absolute Gasteiger partial charge is 0.293 e. The Labute approximate surface area is 177 Å². The van der Waals surface area contributed by atoms with Gasteiger partial charge in [0.15, 0.2) is 0 Å². The lowest BCUT2D eigenvalue weighted by atomic mass is 10.1. The van der Waals surface area contributed by atoms with E-state index in [4.69, 9.17) is 11.6 Å². The van der Waals surface area contributed by atoms with E-state index in [0.717, 1.165) is 35.4 Å². The van der Waals surface area contributed by atoms with Crippen LogP contribution in [-0.4, -0.2) is 34.2 Å². The number of thioether (sulfide) groups is 1. The Morgan fingerprint density at radius 1 is 1.21 bits per heavy atom. The lowest BCUT2D eigenvalue weighted by molar-refractivity contribution is -0.123. The molecule has 1 saturated heterocycles.